The number of carbonyl (C=O) groups excluding carboxylic acids is 1. The highest BCUT2D eigenvalue weighted by Gasteiger charge is 2.18. The van der Waals surface area contributed by atoms with Crippen LogP contribution >= 0.6 is 11.6 Å². The minimum absolute atomic E-state index is 0.0454. The van der Waals surface area contributed by atoms with Gasteiger partial charge in [0.2, 0.25) is 5.91 Å². The molecule has 0 unspecified atom stereocenters. The fraction of sp³-hybridized carbons (Fsp3) is 0.526. The number of methoxy groups -OCH3 is 1. The molecule has 0 radical (unpaired) electrons. The third kappa shape index (κ3) is 5.75. The van der Waals surface area contributed by atoms with Crippen LogP contribution in [0, 0.1) is 5.92 Å². The summed E-state index contributed by atoms with van der Waals surface area (Å²) in [7, 11) is 1.59. The standard InChI is InChI=1S/C19H26ClNO3/c1-14-3-7-16(8-4-14)21-19(22)10-6-15-5-9-17(24-12-11-20)18(13-15)23-2/h5-6,9-10,13-14,16H,3-4,7-8,11-12H2,1-2H3,(H,21,22)/t14-,16+. The molecule has 0 aromatic heterocycles. The van der Waals surface area contributed by atoms with Gasteiger partial charge >= 0.3 is 0 Å². The number of benzene rings is 1. The summed E-state index contributed by atoms with van der Waals surface area (Å²) >= 11 is 5.63. The van der Waals surface area contributed by atoms with Crippen molar-refractivity contribution >= 4 is 23.6 Å². The molecule has 0 heterocycles. The number of nitrogens with one attached hydrogen (secondary N) is 1. The van der Waals surface area contributed by atoms with Crippen molar-refractivity contribution in [2.45, 2.75) is 38.6 Å². The van der Waals surface area contributed by atoms with Crippen LogP contribution in [-0.4, -0.2) is 31.5 Å². The Morgan fingerprint density at radius 1 is 1.29 bits per heavy atom. The SMILES string of the molecule is COc1cc(C=CC(=O)N[C@H]2CC[C@@H](C)CC2)ccc1OCCCl. The summed E-state index contributed by atoms with van der Waals surface area (Å²) < 4.78 is 10.8. The summed E-state index contributed by atoms with van der Waals surface area (Å²) in [5.41, 5.74) is 0.887. The normalized spacial score (nSPS) is 20.8. The predicted molar refractivity (Wildman–Crippen MR) is 97.8 cm³/mol. The molecule has 1 aliphatic carbocycles. The van der Waals surface area contributed by atoms with Crippen LogP contribution in [0.2, 0.25) is 0 Å². The Morgan fingerprint density at radius 2 is 2.04 bits per heavy atom. The van der Waals surface area contributed by atoms with E-state index in [1.165, 1.54) is 12.8 Å². The van der Waals surface area contributed by atoms with E-state index in [9.17, 15) is 4.79 Å². The molecule has 0 saturated heterocycles. The van der Waals surface area contributed by atoms with Crippen molar-refractivity contribution in [1.29, 1.82) is 0 Å². The average Bonchev–Trinajstić information content (AvgIpc) is 2.60. The van der Waals surface area contributed by atoms with Crippen molar-refractivity contribution in [3.05, 3.63) is 29.8 Å². The van der Waals surface area contributed by atoms with Crippen LogP contribution in [0.3, 0.4) is 0 Å². The zero-order valence-electron chi connectivity index (χ0n) is 14.4. The van der Waals surface area contributed by atoms with Crippen LogP contribution in [0.25, 0.3) is 6.08 Å². The molecule has 1 amide bonds. The first-order valence-corrected chi connectivity index (χ1v) is 9.01. The van der Waals surface area contributed by atoms with Gasteiger partial charge in [0.25, 0.3) is 0 Å². The zero-order valence-corrected chi connectivity index (χ0v) is 15.1. The van der Waals surface area contributed by atoms with Crippen LogP contribution in [-0.2, 0) is 4.79 Å². The Labute approximate surface area is 149 Å². The van der Waals surface area contributed by atoms with Crippen LogP contribution in [0.15, 0.2) is 24.3 Å². The van der Waals surface area contributed by atoms with E-state index in [1.807, 2.05) is 18.2 Å². The van der Waals surface area contributed by atoms with Crippen molar-refractivity contribution < 1.29 is 14.3 Å². The van der Waals surface area contributed by atoms with Crippen LogP contribution in [0.1, 0.15) is 38.2 Å². The van der Waals surface area contributed by atoms with Gasteiger partial charge in [0.15, 0.2) is 11.5 Å². The van der Waals surface area contributed by atoms with Gasteiger partial charge in [-0.1, -0.05) is 13.0 Å². The Kier molecular flexibility index (Phi) is 7.44. The van der Waals surface area contributed by atoms with Gasteiger partial charge in [0, 0.05) is 12.1 Å². The summed E-state index contributed by atoms with van der Waals surface area (Å²) in [6.07, 6.45) is 7.88. The Hall–Kier alpha value is -1.68. The molecule has 0 bridgehead atoms. The molecule has 1 aromatic rings. The van der Waals surface area contributed by atoms with E-state index >= 15 is 0 Å². The fourth-order valence-electron chi connectivity index (χ4n) is 2.88. The quantitative estimate of drug-likeness (QED) is 0.596. The van der Waals surface area contributed by atoms with E-state index in [1.54, 1.807) is 19.3 Å². The molecule has 0 atom stereocenters. The number of halogens is 1. The minimum atomic E-state index is -0.0454. The second-order valence-electron chi connectivity index (χ2n) is 6.25. The topological polar surface area (TPSA) is 47.6 Å². The van der Waals surface area contributed by atoms with Gasteiger partial charge in [-0.2, -0.15) is 0 Å². The summed E-state index contributed by atoms with van der Waals surface area (Å²) in [4.78, 5) is 12.1. The molecule has 2 rings (SSSR count). The molecule has 0 aliphatic heterocycles. The minimum Gasteiger partial charge on any atom is -0.493 e. The van der Waals surface area contributed by atoms with E-state index in [0.29, 0.717) is 30.0 Å². The van der Waals surface area contributed by atoms with Gasteiger partial charge in [-0.25, -0.2) is 0 Å². The molecule has 1 aromatic carbocycles. The van der Waals surface area contributed by atoms with Gasteiger partial charge in [0.05, 0.1) is 13.0 Å². The summed E-state index contributed by atoms with van der Waals surface area (Å²) in [6.45, 7) is 2.70. The van der Waals surface area contributed by atoms with Crippen LogP contribution in [0.5, 0.6) is 11.5 Å². The smallest absolute Gasteiger partial charge is 0.244 e. The van der Waals surface area contributed by atoms with Crippen LogP contribution < -0.4 is 14.8 Å². The highest BCUT2D eigenvalue weighted by molar-refractivity contribution is 6.18. The molecular formula is C19H26ClNO3. The highest BCUT2D eigenvalue weighted by Crippen LogP contribution is 2.28. The lowest BCUT2D eigenvalue weighted by Gasteiger charge is -2.26. The van der Waals surface area contributed by atoms with Gasteiger partial charge in [0.1, 0.15) is 6.61 Å². The second kappa shape index (κ2) is 9.58. The number of ether oxygens (including phenoxy) is 2. The van der Waals surface area contributed by atoms with Gasteiger partial charge < -0.3 is 14.8 Å². The van der Waals surface area contributed by atoms with Gasteiger partial charge in [-0.3, -0.25) is 4.79 Å². The van der Waals surface area contributed by atoms with Crippen molar-refractivity contribution in [1.82, 2.24) is 5.32 Å². The maximum Gasteiger partial charge on any atom is 0.244 e. The molecule has 1 fully saturated rings. The molecule has 1 saturated carbocycles. The highest BCUT2D eigenvalue weighted by atomic mass is 35.5. The Balaban J connectivity index is 1.91. The van der Waals surface area contributed by atoms with Crippen molar-refractivity contribution in [3.8, 4) is 11.5 Å². The summed E-state index contributed by atoms with van der Waals surface area (Å²) in [6, 6.07) is 5.86. The monoisotopic (exact) mass is 351 g/mol. The first kappa shape index (κ1) is 18.7. The number of rotatable bonds is 7. The van der Waals surface area contributed by atoms with E-state index in [2.05, 4.69) is 12.2 Å². The van der Waals surface area contributed by atoms with E-state index in [4.69, 9.17) is 21.1 Å². The number of alkyl halides is 1. The maximum absolute atomic E-state index is 12.1. The first-order valence-electron chi connectivity index (χ1n) is 8.47. The average molecular weight is 352 g/mol. The van der Waals surface area contributed by atoms with Gasteiger partial charge in [-0.05, 0) is 55.4 Å². The van der Waals surface area contributed by atoms with E-state index in [0.717, 1.165) is 24.3 Å². The largest absolute Gasteiger partial charge is 0.493 e. The van der Waals surface area contributed by atoms with E-state index in [-0.39, 0.29) is 5.91 Å². The fourth-order valence-corrected chi connectivity index (χ4v) is 2.96. The maximum atomic E-state index is 12.1. The number of amides is 1. The molecule has 0 spiro atoms. The molecule has 4 nitrogen and oxygen atoms in total. The van der Waals surface area contributed by atoms with Crippen molar-refractivity contribution in [2.24, 2.45) is 5.92 Å². The number of hydrogen-bond acceptors (Lipinski definition) is 3. The molecular weight excluding hydrogens is 326 g/mol. The molecule has 5 heteroatoms. The number of carbonyl (C=O) groups is 1. The van der Waals surface area contributed by atoms with Crippen molar-refractivity contribution in [3.63, 3.8) is 0 Å². The Morgan fingerprint density at radius 3 is 2.71 bits per heavy atom. The van der Waals surface area contributed by atoms with Crippen molar-refractivity contribution in [2.75, 3.05) is 19.6 Å². The first-order chi connectivity index (χ1) is 11.6. The number of hydrogen-bond donors (Lipinski definition) is 1. The molecule has 132 valence electrons. The third-order valence-corrected chi connectivity index (χ3v) is 4.47. The third-order valence-electron chi connectivity index (χ3n) is 4.31. The van der Waals surface area contributed by atoms with Gasteiger partial charge in [-0.15, -0.1) is 11.6 Å². The zero-order chi connectivity index (χ0) is 17.4. The lowest BCUT2D eigenvalue weighted by molar-refractivity contribution is -0.117. The Bertz CT molecular complexity index is 566. The summed E-state index contributed by atoms with van der Waals surface area (Å²) in [5, 5.41) is 3.08. The molecule has 24 heavy (non-hydrogen) atoms. The lowest BCUT2D eigenvalue weighted by Crippen LogP contribution is -2.36. The predicted octanol–water partition coefficient (Wildman–Crippen LogP) is 4.02. The lowest BCUT2D eigenvalue weighted by atomic mass is 9.87. The van der Waals surface area contributed by atoms with E-state index < -0.39 is 0 Å². The van der Waals surface area contributed by atoms with Crippen LogP contribution in [0.4, 0.5) is 0 Å². The molecule has 1 N–H and O–H groups in total. The second-order valence-corrected chi connectivity index (χ2v) is 6.62. The summed E-state index contributed by atoms with van der Waals surface area (Å²) in [5.74, 6) is 2.43. The molecule has 1 aliphatic rings.